The summed E-state index contributed by atoms with van der Waals surface area (Å²) in [6.45, 7) is 4.07. The second kappa shape index (κ2) is 5.14. The second-order valence-electron chi connectivity index (χ2n) is 3.67. The first-order chi connectivity index (χ1) is 7.86. The van der Waals surface area contributed by atoms with Crippen molar-refractivity contribution < 1.29 is 9.15 Å². The second-order valence-corrected chi connectivity index (χ2v) is 3.67. The van der Waals surface area contributed by atoms with Crippen LogP contribution >= 0.6 is 0 Å². The van der Waals surface area contributed by atoms with Crippen molar-refractivity contribution in [2.24, 2.45) is 0 Å². The Balaban J connectivity index is 2.42. The SMILES string of the molecule is CCOCc1c(CNC)oc2ccccc12. The van der Waals surface area contributed by atoms with Gasteiger partial charge < -0.3 is 14.5 Å². The Bertz CT molecular complexity index is 462. The van der Waals surface area contributed by atoms with E-state index >= 15 is 0 Å². The largest absolute Gasteiger partial charge is 0.459 e. The lowest BCUT2D eigenvalue weighted by molar-refractivity contribution is 0.133. The molecule has 0 amide bonds. The molecule has 0 aliphatic heterocycles. The maximum Gasteiger partial charge on any atom is 0.134 e. The quantitative estimate of drug-likeness (QED) is 0.839. The van der Waals surface area contributed by atoms with Crippen LogP contribution in [0.2, 0.25) is 0 Å². The average molecular weight is 219 g/mol. The van der Waals surface area contributed by atoms with E-state index in [1.54, 1.807) is 0 Å². The van der Waals surface area contributed by atoms with Crippen molar-refractivity contribution in [1.82, 2.24) is 5.32 Å². The zero-order valence-corrected chi connectivity index (χ0v) is 9.75. The number of furan rings is 1. The van der Waals surface area contributed by atoms with Crippen LogP contribution in [0.5, 0.6) is 0 Å². The van der Waals surface area contributed by atoms with Crippen LogP contribution in [0.1, 0.15) is 18.2 Å². The summed E-state index contributed by atoms with van der Waals surface area (Å²) >= 11 is 0. The summed E-state index contributed by atoms with van der Waals surface area (Å²) in [5.74, 6) is 0.970. The summed E-state index contributed by atoms with van der Waals surface area (Å²) in [4.78, 5) is 0. The predicted molar refractivity (Wildman–Crippen MR) is 64.3 cm³/mol. The Morgan fingerprint density at radius 1 is 1.31 bits per heavy atom. The minimum Gasteiger partial charge on any atom is -0.459 e. The first-order valence-electron chi connectivity index (χ1n) is 5.58. The lowest BCUT2D eigenvalue weighted by atomic mass is 10.1. The Morgan fingerprint density at radius 2 is 2.12 bits per heavy atom. The molecule has 0 radical (unpaired) electrons. The zero-order chi connectivity index (χ0) is 11.4. The molecule has 1 aromatic heterocycles. The fourth-order valence-electron chi connectivity index (χ4n) is 1.82. The molecule has 2 aromatic rings. The minimum absolute atomic E-state index is 0.616. The van der Waals surface area contributed by atoms with Crippen LogP contribution in [-0.4, -0.2) is 13.7 Å². The zero-order valence-electron chi connectivity index (χ0n) is 9.75. The highest BCUT2D eigenvalue weighted by atomic mass is 16.5. The van der Waals surface area contributed by atoms with Crippen LogP contribution in [0.25, 0.3) is 11.0 Å². The van der Waals surface area contributed by atoms with Crippen LogP contribution in [0.3, 0.4) is 0 Å². The van der Waals surface area contributed by atoms with Gasteiger partial charge in [-0.25, -0.2) is 0 Å². The van der Waals surface area contributed by atoms with Crippen molar-refractivity contribution in [1.29, 1.82) is 0 Å². The molecule has 0 saturated carbocycles. The van der Waals surface area contributed by atoms with Crippen LogP contribution in [0.15, 0.2) is 28.7 Å². The molecule has 0 unspecified atom stereocenters. The van der Waals surface area contributed by atoms with Crippen molar-refractivity contribution in [2.45, 2.75) is 20.1 Å². The minimum atomic E-state index is 0.616. The molecule has 2 rings (SSSR count). The number of fused-ring (bicyclic) bond motifs is 1. The van der Waals surface area contributed by atoms with Gasteiger partial charge in [-0.05, 0) is 20.0 Å². The summed E-state index contributed by atoms with van der Waals surface area (Å²) in [6, 6.07) is 8.08. The van der Waals surface area contributed by atoms with E-state index in [0.29, 0.717) is 6.61 Å². The highest BCUT2D eigenvalue weighted by molar-refractivity contribution is 5.82. The Hall–Kier alpha value is -1.32. The number of para-hydroxylation sites is 1. The molecule has 0 spiro atoms. The third kappa shape index (κ3) is 2.10. The number of hydrogen-bond acceptors (Lipinski definition) is 3. The summed E-state index contributed by atoms with van der Waals surface area (Å²) in [5, 5.41) is 4.27. The molecule has 0 aliphatic rings. The van der Waals surface area contributed by atoms with Gasteiger partial charge in [-0.3, -0.25) is 0 Å². The molecule has 3 heteroatoms. The molecule has 0 saturated heterocycles. The van der Waals surface area contributed by atoms with Gasteiger partial charge in [-0.1, -0.05) is 18.2 Å². The molecule has 0 fully saturated rings. The monoisotopic (exact) mass is 219 g/mol. The predicted octanol–water partition coefficient (Wildman–Crippen LogP) is 2.69. The third-order valence-corrected chi connectivity index (χ3v) is 2.57. The van der Waals surface area contributed by atoms with Gasteiger partial charge in [-0.15, -0.1) is 0 Å². The van der Waals surface area contributed by atoms with Crippen LogP contribution in [0.4, 0.5) is 0 Å². The molecule has 0 bridgehead atoms. The lowest BCUT2D eigenvalue weighted by Gasteiger charge is -2.02. The van der Waals surface area contributed by atoms with Crippen molar-refractivity contribution >= 4 is 11.0 Å². The molecule has 1 heterocycles. The topological polar surface area (TPSA) is 34.4 Å². The van der Waals surface area contributed by atoms with Crippen LogP contribution in [-0.2, 0) is 17.9 Å². The summed E-state index contributed by atoms with van der Waals surface area (Å²) in [5.41, 5.74) is 2.09. The maximum atomic E-state index is 5.79. The molecule has 1 aromatic carbocycles. The molecule has 0 atom stereocenters. The molecular weight excluding hydrogens is 202 g/mol. The number of nitrogens with one attached hydrogen (secondary N) is 1. The Labute approximate surface area is 95.4 Å². The van der Waals surface area contributed by atoms with Gasteiger partial charge in [0.2, 0.25) is 0 Å². The standard InChI is InChI=1S/C13H17NO2/c1-3-15-9-11-10-6-4-5-7-12(10)16-13(11)8-14-2/h4-7,14H,3,8-9H2,1-2H3. The molecule has 86 valence electrons. The third-order valence-electron chi connectivity index (χ3n) is 2.57. The summed E-state index contributed by atoms with van der Waals surface area (Å²) in [6.07, 6.45) is 0. The molecule has 16 heavy (non-hydrogen) atoms. The summed E-state index contributed by atoms with van der Waals surface area (Å²) in [7, 11) is 1.91. The van der Waals surface area contributed by atoms with Crippen LogP contribution in [0, 0.1) is 0 Å². The van der Waals surface area contributed by atoms with Gasteiger partial charge in [0.1, 0.15) is 11.3 Å². The van der Waals surface area contributed by atoms with Gasteiger partial charge >= 0.3 is 0 Å². The fraction of sp³-hybridized carbons (Fsp3) is 0.385. The van der Waals surface area contributed by atoms with E-state index in [9.17, 15) is 0 Å². The van der Waals surface area contributed by atoms with E-state index in [0.717, 1.165) is 35.4 Å². The highest BCUT2D eigenvalue weighted by Gasteiger charge is 2.12. The van der Waals surface area contributed by atoms with E-state index in [1.807, 2.05) is 32.2 Å². The Morgan fingerprint density at radius 3 is 2.88 bits per heavy atom. The molecule has 0 aliphatic carbocycles. The van der Waals surface area contributed by atoms with Crippen molar-refractivity contribution in [3.05, 3.63) is 35.6 Å². The average Bonchev–Trinajstić information content (AvgIpc) is 2.65. The first-order valence-corrected chi connectivity index (χ1v) is 5.58. The number of rotatable bonds is 5. The Kier molecular flexibility index (Phi) is 3.59. The lowest BCUT2D eigenvalue weighted by Crippen LogP contribution is -2.06. The van der Waals surface area contributed by atoms with Gasteiger partial charge in [0.15, 0.2) is 0 Å². The molecular formula is C13H17NO2. The van der Waals surface area contributed by atoms with Crippen LogP contribution < -0.4 is 5.32 Å². The van der Waals surface area contributed by atoms with E-state index < -0.39 is 0 Å². The maximum absolute atomic E-state index is 5.79. The van der Waals surface area contributed by atoms with Gasteiger partial charge in [0, 0.05) is 17.6 Å². The van der Waals surface area contributed by atoms with Crippen molar-refractivity contribution in [3.8, 4) is 0 Å². The van der Waals surface area contributed by atoms with Gasteiger partial charge in [0.05, 0.1) is 13.2 Å². The van der Waals surface area contributed by atoms with E-state index in [1.165, 1.54) is 0 Å². The van der Waals surface area contributed by atoms with E-state index in [4.69, 9.17) is 9.15 Å². The van der Waals surface area contributed by atoms with E-state index in [2.05, 4.69) is 11.4 Å². The van der Waals surface area contributed by atoms with E-state index in [-0.39, 0.29) is 0 Å². The molecule has 1 N–H and O–H groups in total. The van der Waals surface area contributed by atoms with Crippen molar-refractivity contribution in [2.75, 3.05) is 13.7 Å². The normalized spacial score (nSPS) is 11.1. The molecule has 3 nitrogen and oxygen atoms in total. The first kappa shape index (κ1) is 11.2. The van der Waals surface area contributed by atoms with Gasteiger partial charge in [0.25, 0.3) is 0 Å². The van der Waals surface area contributed by atoms with Gasteiger partial charge in [-0.2, -0.15) is 0 Å². The number of benzene rings is 1. The number of hydrogen-bond donors (Lipinski definition) is 1. The smallest absolute Gasteiger partial charge is 0.134 e. The number of ether oxygens (including phenoxy) is 1. The fourth-order valence-corrected chi connectivity index (χ4v) is 1.82. The summed E-state index contributed by atoms with van der Waals surface area (Å²) < 4.78 is 11.3. The van der Waals surface area contributed by atoms with Crippen molar-refractivity contribution in [3.63, 3.8) is 0 Å². The highest BCUT2D eigenvalue weighted by Crippen LogP contribution is 2.26.